The van der Waals surface area contributed by atoms with E-state index < -0.39 is 0 Å². The van der Waals surface area contributed by atoms with Gasteiger partial charge < -0.3 is 0 Å². The molecule has 0 fully saturated rings. The summed E-state index contributed by atoms with van der Waals surface area (Å²) in [6, 6.07) is 10.7. The average molecular weight is 174 g/mol. The molecule has 0 N–H and O–H groups in total. The molecule has 0 saturated heterocycles. The maximum absolute atomic E-state index is 2.28. The van der Waals surface area contributed by atoms with Gasteiger partial charge in [0.05, 0.1) is 0 Å². The number of hydrogen-bond donors (Lipinski definition) is 0. The molecule has 1 rings (SSSR count). The highest BCUT2D eigenvalue weighted by atomic mass is 14.2. The molecule has 0 amide bonds. The second-order valence-electron chi connectivity index (χ2n) is 4.02. The van der Waals surface area contributed by atoms with E-state index in [1.165, 1.54) is 5.56 Å². The lowest BCUT2D eigenvalue weighted by molar-refractivity contribution is 0.534. The van der Waals surface area contributed by atoms with E-state index in [0.29, 0.717) is 0 Å². The number of allylic oxidation sites excluding steroid dienone is 2. The quantitative estimate of drug-likeness (QED) is 0.609. The first-order valence-corrected chi connectivity index (χ1v) is 4.83. The predicted octanol–water partition coefficient (Wildman–Crippen LogP) is 3.93. The molecule has 0 heterocycles. The van der Waals surface area contributed by atoms with Crippen LogP contribution in [0.15, 0.2) is 42.5 Å². The van der Waals surface area contributed by atoms with Crippen molar-refractivity contribution in [1.82, 2.24) is 0 Å². The van der Waals surface area contributed by atoms with Crippen LogP contribution in [0.5, 0.6) is 0 Å². The third-order valence-corrected chi connectivity index (χ3v) is 2.42. The van der Waals surface area contributed by atoms with Gasteiger partial charge in [-0.25, -0.2) is 0 Å². The summed E-state index contributed by atoms with van der Waals surface area (Å²) in [5.41, 5.74) is 1.67. The van der Waals surface area contributed by atoms with Crippen molar-refractivity contribution in [2.45, 2.75) is 32.6 Å². The molecule has 0 atom stereocenters. The Bertz CT molecular complexity index is 267. The summed E-state index contributed by atoms with van der Waals surface area (Å²) < 4.78 is 0. The van der Waals surface area contributed by atoms with Crippen LogP contribution < -0.4 is 0 Å². The van der Waals surface area contributed by atoms with Gasteiger partial charge in [0.25, 0.3) is 0 Å². The van der Waals surface area contributed by atoms with E-state index in [1.54, 1.807) is 0 Å². The second-order valence-corrected chi connectivity index (χ2v) is 4.02. The molecule has 0 unspecified atom stereocenters. The highest BCUT2D eigenvalue weighted by Crippen LogP contribution is 2.26. The molecule has 1 aromatic rings. The van der Waals surface area contributed by atoms with Crippen molar-refractivity contribution in [2.24, 2.45) is 0 Å². The number of hydrogen-bond acceptors (Lipinski definition) is 0. The molecule has 1 aromatic carbocycles. The van der Waals surface area contributed by atoms with E-state index in [9.17, 15) is 0 Å². The van der Waals surface area contributed by atoms with Crippen LogP contribution in [0.25, 0.3) is 0 Å². The largest absolute Gasteiger partial charge is 0.0916 e. The van der Waals surface area contributed by atoms with Gasteiger partial charge in [-0.3, -0.25) is 0 Å². The Morgan fingerprint density at radius 3 is 2.31 bits per heavy atom. The lowest BCUT2D eigenvalue weighted by Gasteiger charge is -2.23. The van der Waals surface area contributed by atoms with Crippen molar-refractivity contribution in [1.29, 1.82) is 0 Å². The molecule has 0 spiro atoms. The second kappa shape index (κ2) is 4.27. The van der Waals surface area contributed by atoms with Gasteiger partial charge in [0.1, 0.15) is 0 Å². The van der Waals surface area contributed by atoms with Gasteiger partial charge in [-0.2, -0.15) is 0 Å². The standard InChI is InChI=1S/C13H18/c1-4-5-11-13(2,3)12-9-7-6-8-10-12/h4-10H,11H2,1-3H3/b5-4+. The van der Waals surface area contributed by atoms with E-state index in [4.69, 9.17) is 0 Å². The van der Waals surface area contributed by atoms with Crippen LogP contribution >= 0.6 is 0 Å². The van der Waals surface area contributed by atoms with Gasteiger partial charge >= 0.3 is 0 Å². The Morgan fingerprint density at radius 1 is 1.15 bits per heavy atom. The fourth-order valence-electron chi connectivity index (χ4n) is 1.42. The predicted molar refractivity (Wildman–Crippen MR) is 58.9 cm³/mol. The van der Waals surface area contributed by atoms with Gasteiger partial charge in [-0.05, 0) is 24.3 Å². The first kappa shape index (κ1) is 10.0. The molecule has 0 heteroatoms. The summed E-state index contributed by atoms with van der Waals surface area (Å²) in [6.07, 6.45) is 5.45. The molecule has 0 aliphatic carbocycles. The van der Waals surface area contributed by atoms with Crippen LogP contribution in [0.2, 0.25) is 0 Å². The zero-order valence-electron chi connectivity index (χ0n) is 8.75. The summed E-state index contributed by atoms with van der Waals surface area (Å²) >= 11 is 0. The smallest absolute Gasteiger partial charge is 0.00691 e. The van der Waals surface area contributed by atoms with Crippen LogP contribution in [-0.4, -0.2) is 0 Å². The van der Waals surface area contributed by atoms with Crippen molar-refractivity contribution < 1.29 is 0 Å². The third-order valence-electron chi connectivity index (χ3n) is 2.42. The van der Waals surface area contributed by atoms with Crippen molar-refractivity contribution in [3.8, 4) is 0 Å². The highest BCUT2D eigenvalue weighted by molar-refractivity contribution is 5.24. The van der Waals surface area contributed by atoms with Crippen LogP contribution in [0, 0.1) is 0 Å². The van der Waals surface area contributed by atoms with Crippen LogP contribution in [0.1, 0.15) is 32.8 Å². The normalized spacial score (nSPS) is 12.2. The zero-order chi connectivity index (χ0) is 9.73. The van der Waals surface area contributed by atoms with Crippen molar-refractivity contribution >= 4 is 0 Å². The van der Waals surface area contributed by atoms with Gasteiger partial charge in [-0.15, -0.1) is 0 Å². The summed E-state index contributed by atoms with van der Waals surface area (Å²) in [5, 5.41) is 0. The average Bonchev–Trinajstić information content (AvgIpc) is 2.16. The van der Waals surface area contributed by atoms with Gasteiger partial charge in [-0.1, -0.05) is 56.3 Å². The SMILES string of the molecule is C/C=C/CC(C)(C)c1ccccc1. The summed E-state index contributed by atoms with van der Waals surface area (Å²) in [7, 11) is 0. The Kier molecular flexibility index (Phi) is 3.30. The van der Waals surface area contributed by atoms with E-state index in [0.717, 1.165) is 6.42 Å². The summed E-state index contributed by atoms with van der Waals surface area (Å²) in [5.74, 6) is 0. The first-order chi connectivity index (χ1) is 6.17. The lowest BCUT2D eigenvalue weighted by Crippen LogP contribution is -2.15. The van der Waals surface area contributed by atoms with Gasteiger partial charge in [0.2, 0.25) is 0 Å². The zero-order valence-corrected chi connectivity index (χ0v) is 8.75. The number of benzene rings is 1. The molecule has 0 aromatic heterocycles. The minimum Gasteiger partial charge on any atom is -0.0916 e. The molecule has 70 valence electrons. The van der Waals surface area contributed by atoms with E-state index >= 15 is 0 Å². The van der Waals surface area contributed by atoms with E-state index in [1.807, 2.05) is 0 Å². The molecular formula is C13H18. The molecule has 0 radical (unpaired) electrons. The molecule has 0 saturated carbocycles. The van der Waals surface area contributed by atoms with Crippen molar-refractivity contribution in [3.63, 3.8) is 0 Å². The van der Waals surface area contributed by atoms with Crippen LogP contribution in [0.3, 0.4) is 0 Å². The van der Waals surface area contributed by atoms with Crippen LogP contribution in [-0.2, 0) is 5.41 Å². The molecule has 13 heavy (non-hydrogen) atoms. The first-order valence-electron chi connectivity index (χ1n) is 4.83. The summed E-state index contributed by atoms with van der Waals surface area (Å²) in [6.45, 7) is 6.63. The fraction of sp³-hybridized carbons (Fsp3) is 0.385. The number of rotatable bonds is 3. The third kappa shape index (κ3) is 2.73. The lowest BCUT2D eigenvalue weighted by atomic mass is 9.81. The van der Waals surface area contributed by atoms with Crippen molar-refractivity contribution in [3.05, 3.63) is 48.0 Å². The maximum Gasteiger partial charge on any atom is -0.00691 e. The topological polar surface area (TPSA) is 0 Å². The van der Waals surface area contributed by atoms with Crippen molar-refractivity contribution in [2.75, 3.05) is 0 Å². The highest BCUT2D eigenvalue weighted by Gasteiger charge is 2.17. The Morgan fingerprint density at radius 2 is 1.77 bits per heavy atom. The Hall–Kier alpha value is -1.04. The van der Waals surface area contributed by atoms with Gasteiger partial charge in [0, 0.05) is 0 Å². The van der Waals surface area contributed by atoms with Gasteiger partial charge in [0.15, 0.2) is 0 Å². The van der Waals surface area contributed by atoms with E-state index in [2.05, 4.69) is 63.3 Å². The molecule has 0 bridgehead atoms. The molecule has 0 nitrogen and oxygen atoms in total. The molecular weight excluding hydrogens is 156 g/mol. The maximum atomic E-state index is 2.28. The minimum atomic E-state index is 0.258. The monoisotopic (exact) mass is 174 g/mol. The van der Waals surface area contributed by atoms with Crippen LogP contribution in [0.4, 0.5) is 0 Å². The molecule has 0 aliphatic heterocycles. The molecule has 0 aliphatic rings. The fourth-order valence-corrected chi connectivity index (χ4v) is 1.42. The van der Waals surface area contributed by atoms with E-state index in [-0.39, 0.29) is 5.41 Å². The Balaban J connectivity index is 2.81. The summed E-state index contributed by atoms with van der Waals surface area (Å²) in [4.78, 5) is 0. The minimum absolute atomic E-state index is 0.258. The Labute approximate surface area is 81.3 Å².